The predicted octanol–water partition coefficient (Wildman–Crippen LogP) is 3.61. The summed E-state index contributed by atoms with van der Waals surface area (Å²) in [7, 11) is 0. The van der Waals surface area contributed by atoms with Crippen LogP contribution in [0.3, 0.4) is 0 Å². The number of carbonyl (C=O) groups excluding carboxylic acids is 2. The van der Waals surface area contributed by atoms with Crippen LogP contribution >= 0.6 is 0 Å². The van der Waals surface area contributed by atoms with E-state index >= 15 is 0 Å². The lowest BCUT2D eigenvalue weighted by Gasteiger charge is -2.14. The minimum Gasteiger partial charge on any atom is -0.322 e. The molecule has 4 aromatic rings. The summed E-state index contributed by atoms with van der Waals surface area (Å²) in [6.45, 7) is 5.43. The van der Waals surface area contributed by atoms with Gasteiger partial charge in [-0.2, -0.15) is 5.10 Å². The number of anilines is 2. The lowest BCUT2D eigenvalue weighted by Crippen LogP contribution is -2.15. The molecule has 31 heavy (non-hydrogen) atoms. The molecule has 3 heterocycles. The fraction of sp³-hybridized carbons (Fsp3) is 0.182. The van der Waals surface area contributed by atoms with Gasteiger partial charge < -0.3 is 15.0 Å². The summed E-state index contributed by atoms with van der Waals surface area (Å²) in [5, 5.41) is 13.5. The van der Waals surface area contributed by atoms with Crippen molar-refractivity contribution in [3.8, 4) is 11.1 Å². The zero-order valence-electron chi connectivity index (χ0n) is 16.6. The number of pyridine rings is 1. The van der Waals surface area contributed by atoms with Crippen molar-refractivity contribution < 1.29 is 14.0 Å². The van der Waals surface area contributed by atoms with Crippen LogP contribution in [0.1, 0.15) is 12.0 Å². The fourth-order valence-electron chi connectivity index (χ4n) is 3.73. The molecule has 1 fully saturated rings. The van der Waals surface area contributed by atoms with Crippen molar-refractivity contribution >= 4 is 39.9 Å². The van der Waals surface area contributed by atoms with Crippen LogP contribution in [0.2, 0.25) is 0 Å². The lowest BCUT2D eigenvalue weighted by molar-refractivity contribution is -0.117. The van der Waals surface area contributed by atoms with Crippen LogP contribution in [0.25, 0.3) is 27.7 Å². The largest absolute Gasteiger partial charge is 0.322 e. The number of halogens is 1. The third kappa shape index (κ3) is 3.33. The first kappa shape index (κ1) is 19.0. The van der Waals surface area contributed by atoms with Crippen molar-refractivity contribution in [2.24, 2.45) is 5.92 Å². The van der Waals surface area contributed by atoms with Gasteiger partial charge in [-0.3, -0.25) is 14.7 Å². The number of hydrogen-bond acceptors (Lipinski definition) is 4. The number of benzene rings is 1. The van der Waals surface area contributed by atoms with Gasteiger partial charge in [0, 0.05) is 17.3 Å². The number of H-pyrrole nitrogens is 1. The summed E-state index contributed by atoms with van der Waals surface area (Å²) in [4.78, 5) is 28.3. The number of hydrogen-bond donors (Lipinski definition) is 3. The van der Waals surface area contributed by atoms with Gasteiger partial charge in [0.2, 0.25) is 11.8 Å². The molecule has 3 aromatic heterocycles. The average Bonchev–Trinajstić information content (AvgIpc) is 3.11. The van der Waals surface area contributed by atoms with E-state index in [1.807, 2.05) is 31.3 Å². The average molecular weight is 418 g/mol. The number of rotatable bonds is 5. The van der Waals surface area contributed by atoms with Gasteiger partial charge in [-0.05, 0) is 54.3 Å². The second kappa shape index (κ2) is 7.05. The van der Waals surface area contributed by atoms with Gasteiger partial charge in [-0.25, -0.2) is 9.37 Å². The maximum absolute atomic E-state index is 13.1. The van der Waals surface area contributed by atoms with Crippen molar-refractivity contribution in [1.82, 2.24) is 19.6 Å². The predicted molar refractivity (Wildman–Crippen MR) is 115 cm³/mol. The second-order valence-electron chi connectivity index (χ2n) is 7.61. The normalized spacial score (nSPS) is 17.6. The number of carbonyl (C=O) groups is 2. The van der Waals surface area contributed by atoms with E-state index in [4.69, 9.17) is 0 Å². The molecule has 1 aliphatic carbocycles. The van der Waals surface area contributed by atoms with Crippen molar-refractivity contribution in [1.29, 1.82) is 0 Å². The molecule has 0 saturated heterocycles. The topological polar surface area (TPSA) is 104 Å². The Hall–Kier alpha value is -4.01. The van der Waals surface area contributed by atoms with Crippen molar-refractivity contribution in [3.63, 3.8) is 0 Å². The molecule has 8 nitrogen and oxygen atoms in total. The second-order valence-corrected chi connectivity index (χ2v) is 7.61. The molecular formula is C22H19FN6O2. The molecule has 3 N–H and O–H groups in total. The van der Waals surface area contributed by atoms with Crippen LogP contribution in [0, 0.1) is 12.8 Å². The highest BCUT2D eigenvalue weighted by atomic mass is 19.1. The SMILES string of the molecule is C=CC(=O)Nc1cc2[nH]ncc2c(-c2ccc3nc(NC(=O)[C@@H]4C[C@@H]4F)cn3c2)c1C. The Bertz CT molecular complexity index is 1370. The molecule has 156 valence electrons. The lowest BCUT2D eigenvalue weighted by atomic mass is 9.96. The summed E-state index contributed by atoms with van der Waals surface area (Å²) in [5.74, 6) is -0.855. The van der Waals surface area contributed by atoms with Crippen LogP contribution < -0.4 is 10.6 Å². The minimum absolute atomic E-state index is 0.266. The number of fused-ring (bicyclic) bond motifs is 2. The Balaban J connectivity index is 1.56. The van der Waals surface area contributed by atoms with Crippen LogP contribution in [-0.4, -0.2) is 37.6 Å². The van der Waals surface area contributed by atoms with E-state index in [0.717, 1.165) is 27.6 Å². The highest BCUT2D eigenvalue weighted by Crippen LogP contribution is 2.37. The molecule has 0 aliphatic heterocycles. The zero-order valence-corrected chi connectivity index (χ0v) is 16.6. The maximum atomic E-state index is 13.1. The van der Waals surface area contributed by atoms with Crippen LogP contribution in [-0.2, 0) is 9.59 Å². The quantitative estimate of drug-likeness (QED) is 0.431. The Kier molecular flexibility index (Phi) is 4.32. The van der Waals surface area contributed by atoms with Gasteiger partial charge in [0.25, 0.3) is 0 Å². The molecule has 9 heteroatoms. The maximum Gasteiger partial charge on any atom is 0.247 e. The number of amides is 2. The molecule has 5 rings (SSSR count). The van der Waals surface area contributed by atoms with Gasteiger partial charge in [0.15, 0.2) is 5.82 Å². The van der Waals surface area contributed by atoms with E-state index in [9.17, 15) is 14.0 Å². The molecule has 1 aromatic carbocycles. The first-order chi connectivity index (χ1) is 14.9. The number of aromatic amines is 1. The van der Waals surface area contributed by atoms with E-state index in [2.05, 4.69) is 32.4 Å². The fourth-order valence-corrected chi connectivity index (χ4v) is 3.73. The highest BCUT2D eigenvalue weighted by Gasteiger charge is 2.43. The van der Waals surface area contributed by atoms with Gasteiger partial charge in [0.05, 0.1) is 23.8 Å². The van der Waals surface area contributed by atoms with Crippen molar-refractivity contribution in [2.75, 3.05) is 10.6 Å². The summed E-state index contributed by atoms with van der Waals surface area (Å²) >= 11 is 0. The monoisotopic (exact) mass is 418 g/mol. The molecule has 1 aliphatic rings. The first-order valence-electron chi connectivity index (χ1n) is 9.78. The Morgan fingerprint density at radius 3 is 2.87 bits per heavy atom. The van der Waals surface area contributed by atoms with E-state index in [-0.39, 0.29) is 18.2 Å². The third-order valence-electron chi connectivity index (χ3n) is 5.49. The summed E-state index contributed by atoms with van der Waals surface area (Å²) < 4.78 is 14.9. The summed E-state index contributed by atoms with van der Waals surface area (Å²) in [6.07, 6.45) is 5.75. The summed E-state index contributed by atoms with van der Waals surface area (Å²) in [5.41, 5.74) is 4.74. The number of nitrogens with zero attached hydrogens (tertiary/aromatic N) is 3. The molecule has 0 bridgehead atoms. The first-order valence-corrected chi connectivity index (χ1v) is 9.78. The van der Waals surface area contributed by atoms with Crippen LogP contribution in [0.5, 0.6) is 0 Å². The standard InChI is InChI=1S/C22H19FN6O2/c1-3-20(30)25-16-7-17-14(8-24-28-17)21(11(16)2)12-4-5-19-26-18(10-29(19)9-12)27-22(31)13-6-15(13)23/h3-5,7-10,13,15H,1,6H2,2H3,(H,24,28)(H,25,30)(H,27,31)/t13-,15+/m1/s1. The molecule has 0 unspecified atom stereocenters. The Morgan fingerprint density at radius 2 is 2.13 bits per heavy atom. The van der Waals surface area contributed by atoms with E-state index in [0.29, 0.717) is 17.2 Å². The Labute approximate surface area is 176 Å². The van der Waals surface area contributed by atoms with Gasteiger partial charge >= 0.3 is 0 Å². The van der Waals surface area contributed by atoms with E-state index in [1.165, 1.54) is 6.08 Å². The third-order valence-corrected chi connectivity index (χ3v) is 5.49. The van der Waals surface area contributed by atoms with Crippen molar-refractivity contribution in [3.05, 3.63) is 55.0 Å². The highest BCUT2D eigenvalue weighted by molar-refractivity contribution is 6.05. The summed E-state index contributed by atoms with van der Waals surface area (Å²) in [6, 6.07) is 5.59. The molecule has 0 spiro atoms. The zero-order chi connectivity index (χ0) is 21.7. The molecule has 1 saturated carbocycles. The van der Waals surface area contributed by atoms with E-state index in [1.54, 1.807) is 16.8 Å². The van der Waals surface area contributed by atoms with E-state index < -0.39 is 12.1 Å². The molecule has 0 radical (unpaired) electrons. The molecule has 2 atom stereocenters. The smallest absolute Gasteiger partial charge is 0.247 e. The van der Waals surface area contributed by atoms with Crippen LogP contribution in [0.15, 0.2) is 49.4 Å². The number of alkyl halides is 1. The molecular weight excluding hydrogens is 399 g/mol. The number of nitrogens with one attached hydrogen (secondary N) is 3. The number of imidazole rings is 1. The van der Waals surface area contributed by atoms with Gasteiger partial charge in [-0.1, -0.05) is 6.58 Å². The van der Waals surface area contributed by atoms with Crippen molar-refractivity contribution in [2.45, 2.75) is 19.5 Å². The molecule has 2 amide bonds. The van der Waals surface area contributed by atoms with Gasteiger partial charge in [0.1, 0.15) is 11.8 Å². The minimum atomic E-state index is -1.06. The van der Waals surface area contributed by atoms with Gasteiger partial charge in [-0.15, -0.1) is 0 Å². The number of aromatic nitrogens is 4. The Morgan fingerprint density at radius 1 is 1.32 bits per heavy atom. The van der Waals surface area contributed by atoms with Crippen LogP contribution in [0.4, 0.5) is 15.9 Å².